The molecule has 2 aliphatic rings. The fraction of sp³-hybridized carbons (Fsp3) is 0.524. The van der Waals surface area contributed by atoms with Crippen LogP contribution >= 0.6 is 11.6 Å². The molecule has 28 heavy (non-hydrogen) atoms. The van der Waals surface area contributed by atoms with E-state index in [-0.39, 0.29) is 17.0 Å². The lowest BCUT2D eigenvalue weighted by atomic mass is 9.66. The average Bonchev–Trinajstić information content (AvgIpc) is 2.57. The first kappa shape index (κ1) is 22.7. The lowest BCUT2D eigenvalue weighted by molar-refractivity contribution is -0.268. The summed E-state index contributed by atoms with van der Waals surface area (Å²) in [6, 6.07) is 0. The lowest BCUT2D eigenvalue weighted by Crippen LogP contribution is -2.50. The highest BCUT2D eigenvalue weighted by Gasteiger charge is 2.57. The van der Waals surface area contributed by atoms with Crippen LogP contribution in [-0.4, -0.2) is 29.6 Å². The fourth-order valence-electron chi connectivity index (χ4n) is 3.76. The molecular weight excluding hydrogens is 396 g/mol. The molecule has 0 saturated carbocycles. The third-order valence-corrected chi connectivity index (χ3v) is 5.46. The van der Waals surface area contributed by atoms with Crippen molar-refractivity contribution >= 4 is 11.6 Å². The zero-order chi connectivity index (χ0) is 21.4. The van der Waals surface area contributed by atoms with Gasteiger partial charge >= 0.3 is 6.18 Å². The maximum Gasteiger partial charge on any atom is 0.417 e. The number of aliphatic hydroxyl groups is 1. The summed E-state index contributed by atoms with van der Waals surface area (Å²) < 4.78 is 61.1. The number of alkyl halides is 3. The van der Waals surface area contributed by atoms with Gasteiger partial charge in [0.1, 0.15) is 5.83 Å². The summed E-state index contributed by atoms with van der Waals surface area (Å²) in [7, 11) is 1.43. The van der Waals surface area contributed by atoms with E-state index >= 15 is 0 Å². The van der Waals surface area contributed by atoms with Crippen molar-refractivity contribution in [3.63, 3.8) is 0 Å². The molecule has 2 rings (SSSR count). The second kappa shape index (κ2) is 7.70. The highest BCUT2D eigenvalue weighted by Crippen LogP contribution is 2.50. The van der Waals surface area contributed by atoms with Crippen LogP contribution in [0.3, 0.4) is 0 Å². The quantitative estimate of drug-likeness (QED) is 0.420. The molecule has 0 heterocycles. The Morgan fingerprint density at radius 1 is 1.25 bits per heavy atom. The van der Waals surface area contributed by atoms with Gasteiger partial charge in [-0.05, 0) is 54.4 Å². The van der Waals surface area contributed by atoms with Crippen molar-refractivity contribution in [1.29, 1.82) is 0 Å². The zero-order valence-corrected chi connectivity index (χ0v) is 16.9. The molecule has 0 aromatic carbocycles. The van der Waals surface area contributed by atoms with Crippen LogP contribution in [0, 0.1) is 5.41 Å². The van der Waals surface area contributed by atoms with Crippen molar-refractivity contribution in [3.05, 3.63) is 57.8 Å². The number of ether oxygens (including phenoxy) is 1. The van der Waals surface area contributed by atoms with Gasteiger partial charge < -0.3 is 9.84 Å². The molecule has 0 aromatic rings. The largest absolute Gasteiger partial charge is 0.417 e. The van der Waals surface area contributed by atoms with Crippen LogP contribution in [0.25, 0.3) is 0 Å². The van der Waals surface area contributed by atoms with Gasteiger partial charge in [0.05, 0.1) is 10.6 Å². The topological polar surface area (TPSA) is 29.5 Å². The highest BCUT2D eigenvalue weighted by atomic mass is 35.5. The van der Waals surface area contributed by atoms with E-state index in [1.807, 2.05) is 0 Å². The maximum absolute atomic E-state index is 13.9. The summed E-state index contributed by atoms with van der Waals surface area (Å²) in [5.74, 6) is -0.534. The van der Waals surface area contributed by atoms with E-state index < -0.39 is 41.5 Å². The Kier molecular flexibility index (Phi) is 6.25. The number of hydrogen-bond acceptors (Lipinski definition) is 2. The molecule has 2 aliphatic carbocycles. The van der Waals surface area contributed by atoms with Gasteiger partial charge in [0, 0.05) is 25.5 Å². The van der Waals surface area contributed by atoms with Gasteiger partial charge in [-0.2, -0.15) is 13.2 Å². The molecule has 0 bridgehead atoms. The molecule has 0 amide bonds. The van der Waals surface area contributed by atoms with Gasteiger partial charge in [-0.15, -0.1) is 0 Å². The number of hydrogen-bond donors (Lipinski definition) is 1. The minimum absolute atomic E-state index is 0.123. The molecule has 0 radical (unpaired) electrons. The van der Waals surface area contributed by atoms with Crippen LogP contribution in [0.15, 0.2) is 57.8 Å². The monoisotopic (exact) mass is 418 g/mol. The molecular formula is C21H23ClF4O2. The van der Waals surface area contributed by atoms with E-state index in [0.29, 0.717) is 5.57 Å². The number of rotatable bonds is 6. The normalized spacial score (nSPS) is 24.9. The first-order valence-electron chi connectivity index (χ1n) is 8.73. The smallest absolute Gasteiger partial charge is 0.380 e. The van der Waals surface area contributed by atoms with Crippen molar-refractivity contribution in [2.75, 3.05) is 7.11 Å². The fourth-order valence-corrected chi connectivity index (χ4v) is 3.87. The Labute approximate surface area is 167 Å². The summed E-state index contributed by atoms with van der Waals surface area (Å²) in [4.78, 5) is 0. The SMILES string of the molecule is COC1(C)CC=C(F)C=C1C(C)(C)CC(O)(CC1=C=C=C(Cl)C=C1)C(F)(F)F. The molecule has 2 nitrogen and oxygen atoms in total. The van der Waals surface area contributed by atoms with Crippen molar-refractivity contribution in [1.82, 2.24) is 0 Å². The van der Waals surface area contributed by atoms with Gasteiger partial charge in [0.2, 0.25) is 0 Å². The van der Waals surface area contributed by atoms with Crippen LogP contribution in [-0.2, 0) is 4.74 Å². The molecule has 0 aromatic heterocycles. The summed E-state index contributed by atoms with van der Waals surface area (Å²) in [5, 5.41) is 10.9. The Hall–Kier alpha value is -1.55. The molecule has 0 fully saturated rings. The Bertz CT molecular complexity index is 837. The van der Waals surface area contributed by atoms with Crippen LogP contribution < -0.4 is 0 Å². The van der Waals surface area contributed by atoms with E-state index in [9.17, 15) is 22.7 Å². The number of methoxy groups -OCH3 is 1. The Morgan fingerprint density at radius 3 is 2.39 bits per heavy atom. The summed E-state index contributed by atoms with van der Waals surface area (Å²) in [5.41, 5.74) is 0.290. The second-order valence-corrected chi connectivity index (χ2v) is 8.42. The molecule has 7 heteroatoms. The molecule has 1 N–H and O–H groups in total. The first-order valence-corrected chi connectivity index (χ1v) is 9.11. The lowest BCUT2D eigenvalue weighted by Gasteiger charge is -2.45. The van der Waals surface area contributed by atoms with Crippen molar-refractivity contribution in [3.8, 4) is 0 Å². The van der Waals surface area contributed by atoms with Crippen molar-refractivity contribution < 1.29 is 27.4 Å². The summed E-state index contributed by atoms with van der Waals surface area (Å²) in [6.07, 6.45) is -0.838. The predicted octanol–water partition coefficient (Wildman–Crippen LogP) is 6.05. The van der Waals surface area contributed by atoms with E-state index in [1.165, 1.54) is 31.4 Å². The van der Waals surface area contributed by atoms with Gasteiger partial charge in [0.15, 0.2) is 5.60 Å². The number of halogens is 5. The molecule has 0 spiro atoms. The van der Waals surface area contributed by atoms with E-state index in [4.69, 9.17) is 16.3 Å². The standard InChI is InChI=1S/C21H23ClF4O2/c1-18(2,17-11-16(23)9-10-19(17,3)28-4)13-20(27,21(24,25)26)12-14-5-7-15(22)8-6-14/h5,7,9,11,27H,10,12-13H2,1-4H3. The minimum atomic E-state index is -4.91. The highest BCUT2D eigenvalue weighted by molar-refractivity contribution is 6.31. The van der Waals surface area contributed by atoms with Crippen LogP contribution in [0.1, 0.15) is 40.0 Å². The number of allylic oxidation sites excluding steroid dienone is 5. The van der Waals surface area contributed by atoms with Crippen LogP contribution in [0.2, 0.25) is 0 Å². The maximum atomic E-state index is 13.9. The van der Waals surface area contributed by atoms with E-state index in [0.717, 1.165) is 0 Å². The molecule has 0 saturated heterocycles. The van der Waals surface area contributed by atoms with Gasteiger partial charge in [-0.3, -0.25) is 0 Å². The average molecular weight is 419 g/mol. The third-order valence-electron chi connectivity index (χ3n) is 5.24. The second-order valence-electron chi connectivity index (χ2n) is 8.01. The van der Waals surface area contributed by atoms with Gasteiger partial charge in [-0.25, -0.2) is 4.39 Å². The Morgan fingerprint density at radius 2 is 1.89 bits per heavy atom. The molecule has 0 aliphatic heterocycles. The van der Waals surface area contributed by atoms with Gasteiger partial charge in [0.25, 0.3) is 0 Å². The van der Waals surface area contributed by atoms with E-state index in [2.05, 4.69) is 11.5 Å². The van der Waals surface area contributed by atoms with Crippen LogP contribution in [0.5, 0.6) is 0 Å². The van der Waals surface area contributed by atoms with Crippen molar-refractivity contribution in [2.24, 2.45) is 5.41 Å². The van der Waals surface area contributed by atoms with E-state index in [1.54, 1.807) is 20.8 Å². The van der Waals surface area contributed by atoms with Crippen LogP contribution in [0.4, 0.5) is 17.6 Å². The summed E-state index contributed by atoms with van der Waals surface area (Å²) >= 11 is 5.71. The van der Waals surface area contributed by atoms with Crippen molar-refractivity contribution in [2.45, 2.75) is 57.4 Å². The first-order chi connectivity index (χ1) is 12.7. The molecule has 2 atom stereocenters. The Balaban J connectivity index is 2.45. The summed E-state index contributed by atoms with van der Waals surface area (Å²) in [6.45, 7) is 4.78. The predicted molar refractivity (Wildman–Crippen MR) is 100 cm³/mol. The molecule has 2 unspecified atom stereocenters. The zero-order valence-electron chi connectivity index (χ0n) is 16.2. The van der Waals surface area contributed by atoms with Gasteiger partial charge in [-0.1, -0.05) is 31.2 Å². The third kappa shape index (κ3) is 4.71. The minimum Gasteiger partial charge on any atom is -0.380 e. The molecule has 154 valence electrons.